The highest BCUT2D eigenvalue weighted by Crippen LogP contribution is 2.13. The van der Waals surface area contributed by atoms with Gasteiger partial charge in [-0.1, -0.05) is 12.1 Å². The van der Waals surface area contributed by atoms with Crippen molar-refractivity contribution < 1.29 is 14.3 Å². The van der Waals surface area contributed by atoms with E-state index in [2.05, 4.69) is 10.6 Å². The van der Waals surface area contributed by atoms with Crippen molar-refractivity contribution in [3.63, 3.8) is 0 Å². The molecule has 1 aliphatic heterocycles. The zero-order chi connectivity index (χ0) is 15.1. The highest BCUT2D eigenvalue weighted by molar-refractivity contribution is 5.92. The number of carbonyl (C=O) groups is 2. The first-order valence-electron chi connectivity index (χ1n) is 7.15. The molecule has 0 radical (unpaired) electrons. The number of benzene rings is 1. The van der Waals surface area contributed by atoms with Crippen LogP contribution >= 0.6 is 0 Å². The molecule has 1 aromatic rings. The third kappa shape index (κ3) is 4.95. The topological polar surface area (TPSA) is 67.4 Å². The van der Waals surface area contributed by atoms with Crippen molar-refractivity contribution >= 4 is 17.9 Å². The van der Waals surface area contributed by atoms with Crippen LogP contribution in [0.4, 0.5) is 0 Å². The van der Waals surface area contributed by atoms with Crippen molar-refractivity contribution in [3.8, 4) is 5.75 Å². The second-order valence-corrected chi connectivity index (χ2v) is 4.88. The Morgan fingerprint density at radius 2 is 2.19 bits per heavy atom. The minimum atomic E-state index is -0.148. The minimum absolute atomic E-state index is 0.0141. The Balaban J connectivity index is 1.82. The van der Waals surface area contributed by atoms with Crippen LogP contribution in [0, 0.1) is 0 Å². The Hall–Kier alpha value is -2.30. The molecule has 2 N–H and O–H groups in total. The Bertz CT molecular complexity index is 513. The number of nitrogens with one attached hydrogen (secondary N) is 2. The molecule has 1 atom stereocenters. The van der Waals surface area contributed by atoms with Gasteiger partial charge >= 0.3 is 0 Å². The van der Waals surface area contributed by atoms with Gasteiger partial charge in [0.25, 0.3) is 0 Å². The second kappa shape index (κ2) is 7.47. The van der Waals surface area contributed by atoms with Crippen LogP contribution in [0.15, 0.2) is 30.3 Å². The number of rotatable bonds is 5. The molecule has 0 bridgehead atoms. The molecular weight excluding hydrogens is 268 g/mol. The van der Waals surface area contributed by atoms with Gasteiger partial charge in [0, 0.05) is 25.1 Å². The van der Waals surface area contributed by atoms with Gasteiger partial charge in [-0.3, -0.25) is 9.59 Å². The van der Waals surface area contributed by atoms with E-state index in [0.29, 0.717) is 26.0 Å². The summed E-state index contributed by atoms with van der Waals surface area (Å²) in [4.78, 5) is 22.8. The van der Waals surface area contributed by atoms with Gasteiger partial charge in [0.15, 0.2) is 0 Å². The molecule has 5 heteroatoms. The Morgan fingerprint density at radius 3 is 2.81 bits per heavy atom. The van der Waals surface area contributed by atoms with Crippen molar-refractivity contribution in [2.24, 2.45) is 0 Å². The molecule has 0 aliphatic carbocycles. The zero-order valence-corrected chi connectivity index (χ0v) is 12.1. The second-order valence-electron chi connectivity index (χ2n) is 4.88. The smallest absolute Gasteiger partial charge is 0.244 e. The van der Waals surface area contributed by atoms with Gasteiger partial charge in [-0.15, -0.1) is 0 Å². The molecular formula is C16H20N2O3. The maximum Gasteiger partial charge on any atom is 0.244 e. The van der Waals surface area contributed by atoms with Gasteiger partial charge < -0.3 is 15.4 Å². The van der Waals surface area contributed by atoms with Crippen LogP contribution < -0.4 is 15.4 Å². The SMILES string of the molecule is CCOc1ccc(C=CC(=O)NC2CCC(=O)NC2)cc1. The number of amides is 2. The molecule has 112 valence electrons. The molecule has 1 fully saturated rings. The van der Waals surface area contributed by atoms with Crippen LogP contribution in [0.1, 0.15) is 25.3 Å². The van der Waals surface area contributed by atoms with Crippen molar-refractivity contribution in [2.45, 2.75) is 25.8 Å². The van der Waals surface area contributed by atoms with Gasteiger partial charge in [-0.05, 0) is 37.1 Å². The average Bonchev–Trinajstić information content (AvgIpc) is 2.49. The van der Waals surface area contributed by atoms with Crippen LogP contribution in [-0.4, -0.2) is 31.0 Å². The van der Waals surface area contributed by atoms with E-state index in [1.165, 1.54) is 6.08 Å². The summed E-state index contributed by atoms with van der Waals surface area (Å²) in [5.74, 6) is 0.715. The fourth-order valence-electron chi connectivity index (χ4n) is 2.12. The van der Waals surface area contributed by atoms with Crippen molar-refractivity contribution in [1.82, 2.24) is 10.6 Å². The van der Waals surface area contributed by atoms with E-state index in [1.54, 1.807) is 6.08 Å². The van der Waals surface area contributed by atoms with Gasteiger partial charge in [0.1, 0.15) is 5.75 Å². The number of hydrogen-bond donors (Lipinski definition) is 2. The van der Waals surface area contributed by atoms with Crippen LogP contribution in [0.25, 0.3) is 6.08 Å². The maximum absolute atomic E-state index is 11.8. The van der Waals surface area contributed by atoms with E-state index in [1.807, 2.05) is 31.2 Å². The van der Waals surface area contributed by atoms with E-state index in [9.17, 15) is 9.59 Å². The Labute approximate surface area is 124 Å². The first kappa shape index (κ1) is 15.1. The molecule has 1 saturated heterocycles. The molecule has 2 amide bonds. The third-order valence-corrected chi connectivity index (χ3v) is 3.23. The summed E-state index contributed by atoms with van der Waals surface area (Å²) in [6.45, 7) is 3.07. The maximum atomic E-state index is 11.8. The Morgan fingerprint density at radius 1 is 1.43 bits per heavy atom. The summed E-state index contributed by atoms with van der Waals surface area (Å²) in [6, 6.07) is 7.56. The van der Waals surface area contributed by atoms with Gasteiger partial charge in [-0.2, -0.15) is 0 Å². The molecule has 1 aromatic carbocycles. The zero-order valence-electron chi connectivity index (χ0n) is 12.1. The normalized spacial score (nSPS) is 18.3. The van der Waals surface area contributed by atoms with Crippen LogP contribution in [0.3, 0.4) is 0 Å². The van der Waals surface area contributed by atoms with Crippen LogP contribution in [-0.2, 0) is 9.59 Å². The van der Waals surface area contributed by atoms with E-state index < -0.39 is 0 Å². The van der Waals surface area contributed by atoms with Gasteiger partial charge in [-0.25, -0.2) is 0 Å². The predicted octanol–water partition coefficient (Wildman–Crippen LogP) is 1.49. The number of ether oxygens (including phenoxy) is 1. The summed E-state index contributed by atoms with van der Waals surface area (Å²) in [5, 5.41) is 5.61. The van der Waals surface area contributed by atoms with Crippen molar-refractivity contribution in [1.29, 1.82) is 0 Å². The quantitative estimate of drug-likeness (QED) is 0.807. The molecule has 0 spiro atoms. The molecule has 0 saturated carbocycles. The molecule has 5 nitrogen and oxygen atoms in total. The van der Waals surface area contributed by atoms with Gasteiger partial charge in [0.2, 0.25) is 11.8 Å². The summed E-state index contributed by atoms with van der Waals surface area (Å²) in [6.07, 6.45) is 4.42. The summed E-state index contributed by atoms with van der Waals surface area (Å²) >= 11 is 0. The lowest BCUT2D eigenvalue weighted by Gasteiger charge is -2.22. The van der Waals surface area contributed by atoms with Crippen LogP contribution in [0.2, 0.25) is 0 Å². The monoisotopic (exact) mass is 288 g/mol. The largest absolute Gasteiger partial charge is 0.494 e. The predicted molar refractivity (Wildman–Crippen MR) is 80.8 cm³/mol. The molecule has 21 heavy (non-hydrogen) atoms. The van der Waals surface area contributed by atoms with E-state index in [4.69, 9.17) is 4.74 Å². The molecule has 1 heterocycles. The summed E-state index contributed by atoms with van der Waals surface area (Å²) < 4.78 is 5.36. The minimum Gasteiger partial charge on any atom is -0.494 e. The number of hydrogen-bond acceptors (Lipinski definition) is 3. The molecule has 1 aliphatic rings. The van der Waals surface area contributed by atoms with E-state index >= 15 is 0 Å². The lowest BCUT2D eigenvalue weighted by molar-refractivity contribution is -0.124. The first-order valence-corrected chi connectivity index (χ1v) is 7.15. The summed E-state index contributed by atoms with van der Waals surface area (Å²) in [5.41, 5.74) is 0.936. The van der Waals surface area contributed by atoms with Crippen molar-refractivity contribution in [2.75, 3.05) is 13.2 Å². The fraction of sp³-hybridized carbons (Fsp3) is 0.375. The Kier molecular flexibility index (Phi) is 5.37. The summed E-state index contributed by atoms with van der Waals surface area (Å²) in [7, 11) is 0. The van der Waals surface area contributed by atoms with Crippen LogP contribution in [0.5, 0.6) is 5.75 Å². The van der Waals surface area contributed by atoms with E-state index in [-0.39, 0.29) is 17.9 Å². The van der Waals surface area contributed by atoms with Gasteiger partial charge in [0.05, 0.1) is 6.61 Å². The molecule has 1 unspecified atom stereocenters. The highest BCUT2D eigenvalue weighted by atomic mass is 16.5. The third-order valence-electron chi connectivity index (χ3n) is 3.23. The number of piperidine rings is 1. The lowest BCUT2D eigenvalue weighted by Crippen LogP contribution is -2.47. The molecule has 0 aromatic heterocycles. The van der Waals surface area contributed by atoms with E-state index in [0.717, 1.165) is 11.3 Å². The fourth-order valence-corrected chi connectivity index (χ4v) is 2.12. The molecule has 2 rings (SSSR count). The lowest BCUT2D eigenvalue weighted by atomic mass is 10.1. The highest BCUT2D eigenvalue weighted by Gasteiger charge is 2.18. The van der Waals surface area contributed by atoms with Crippen molar-refractivity contribution in [3.05, 3.63) is 35.9 Å². The first-order chi connectivity index (χ1) is 10.2. The average molecular weight is 288 g/mol. The standard InChI is InChI=1S/C16H20N2O3/c1-2-21-14-7-3-12(4-8-14)5-9-16(20)18-13-6-10-15(19)17-11-13/h3-5,7-9,13H,2,6,10-11H2,1H3,(H,17,19)(H,18,20). The number of carbonyl (C=O) groups excluding carboxylic acids is 2.